The van der Waals surface area contributed by atoms with Crippen LogP contribution in [0.1, 0.15) is 32.8 Å². The SMILES string of the molecule is CCC(C)NC(=O)C(C)N(Cc1ccc(OC)cc1)C(=O)CN(c1ccccc1)S(=O)(=O)c1ccc(OC)c(OC)c1. The molecule has 0 aliphatic rings. The van der Waals surface area contributed by atoms with Gasteiger partial charge < -0.3 is 24.4 Å². The van der Waals surface area contributed by atoms with E-state index in [2.05, 4.69) is 5.32 Å². The Morgan fingerprint density at radius 2 is 1.50 bits per heavy atom. The second kappa shape index (κ2) is 14.6. The van der Waals surface area contributed by atoms with Crippen LogP contribution in [0.15, 0.2) is 77.7 Å². The number of hydrogen-bond acceptors (Lipinski definition) is 7. The van der Waals surface area contributed by atoms with Gasteiger partial charge in [0.15, 0.2) is 11.5 Å². The number of rotatable bonds is 14. The largest absolute Gasteiger partial charge is 0.497 e. The van der Waals surface area contributed by atoms with Crippen molar-refractivity contribution in [3.63, 3.8) is 0 Å². The second-order valence-corrected chi connectivity index (χ2v) is 11.6. The minimum absolute atomic E-state index is 0.0803. The number of benzene rings is 3. The van der Waals surface area contributed by atoms with E-state index in [1.165, 1.54) is 37.3 Å². The Balaban J connectivity index is 2.03. The van der Waals surface area contributed by atoms with Gasteiger partial charge in [0.25, 0.3) is 10.0 Å². The van der Waals surface area contributed by atoms with E-state index >= 15 is 0 Å². The van der Waals surface area contributed by atoms with Crippen molar-refractivity contribution in [1.82, 2.24) is 10.2 Å². The summed E-state index contributed by atoms with van der Waals surface area (Å²) in [4.78, 5) is 28.5. The Hall–Kier alpha value is -4.25. The minimum atomic E-state index is -4.26. The first kappa shape index (κ1) is 32.3. The van der Waals surface area contributed by atoms with Crippen LogP contribution in [0, 0.1) is 0 Å². The smallest absolute Gasteiger partial charge is 0.264 e. The molecule has 2 atom stereocenters. The third kappa shape index (κ3) is 7.73. The van der Waals surface area contributed by atoms with E-state index in [4.69, 9.17) is 14.2 Å². The van der Waals surface area contributed by atoms with Gasteiger partial charge in [-0.15, -0.1) is 0 Å². The van der Waals surface area contributed by atoms with E-state index in [0.717, 1.165) is 16.3 Å². The zero-order valence-corrected chi connectivity index (χ0v) is 25.7. The highest BCUT2D eigenvalue weighted by atomic mass is 32.2. The Morgan fingerprint density at radius 3 is 2.07 bits per heavy atom. The van der Waals surface area contributed by atoms with Crippen molar-refractivity contribution >= 4 is 27.5 Å². The van der Waals surface area contributed by atoms with Crippen LogP contribution < -0.4 is 23.8 Å². The maximum absolute atomic E-state index is 14.0. The molecule has 3 aromatic carbocycles. The predicted octanol–water partition coefficient (Wildman–Crippen LogP) is 4.24. The van der Waals surface area contributed by atoms with Crippen molar-refractivity contribution in [3.8, 4) is 17.2 Å². The lowest BCUT2D eigenvalue weighted by Gasteiger charge is -2.32. The molecule has 0 fully saturated rings. The highest BCUT2D eigenvalue weighted by Gasteiger charge is 2.33. The number of sulfonamides is 1. The molecule has 3 rings (SSSR count). The molecule has 0 radical (unpaired) electrons. The van der Waals surface area contributed by atoms with E-state index in [-0.39, 0.29) is 29.1 Å². The molecule has 3 aromatic rings. The first-order valence-corrected chi connectivity index (χ1v) is 15.0. The summed E-state index contributed by atoms with van der Waals surface area (Å²) >= 11 is 0. The lowest BCUT2D eigenvalue weighted by atomic mass is 10.1. The first-order valence-electron chi connectivity index (χ1n) is 13.6. The van der Waals surface area contributed by atoms with Gasteiger partial charge in [-0.1, -0.05) is 37.3 Å². The maximum Gasteiger partial charge on any atom is 0.264 e. The molecule has 42 heavy (non-hydrogen) atoms. The highest BCUT2D eigenvalue weighted by molar-refractivity contribution is 7.92. The maximum atomic E-state index is 14.0. The van der Waals surface area contributed by atoms with Gasteiger partial charge in [-0.05, 0) is 62.2 Å². The third-order valence-electron chi connectivity index (χ3n) is 6.95. The standard InChI is InChI=1S/C31H39N3O7S/c1-7-22(2)32-31(36)23(3)33(20-24-13-15-26(39-4)16-14-24)30(35)21-34(25-11-9-8-10-12-25)42(37,38)27-17-18-28(40-5)29(19-27)41-6/h8-19,22-23H,7,20-21H2,1-6H3,(H,32,36). The van der Waals surface area contributed by atoms with Crippen LogP contribution in [0.3, 0.4) is 0 Å². The number of anilines is 1. The van der Waals surface area contributed by atoms with Crippen molar-refractivity contribution < 1.29 is 32.2 Å². The molecule has 2 amide bonds. The van der Waals surface area contributed by atoms with Gasteiger partial charge in [0.05, 0.1) is 31.9 Å². The van der Waals surface area contributed by atoms with Crippen molar-refractivity contribution in [3.05, 3.63) is 78.4 Å². The van der Waals surface area contributed by atoms with Crippen molar-refractivity contribution in [1.29, 1.82) is 0 Å². The Labute approximate surface area is 248 Å². The molecule has 0 saturated carbocycles. The molecule has 2 unspecified atom stereocenters. The summed E-state index contributed by atoms with van der Waals surface area (Å²) in [5.74, 6) is 0.362. The number of methoxy groups -OCH3 is 3. The fraction of sp³-hybridized carbons (Fsp3) is 0.355. The molecule has 0 spiro atoms. The molecule has 0 saturated heterocycles. The monoisotopic (exact) mass is 597 g/mol. The van der Waals surface area contributed by atoms with Crippen LogP contribution in [0.2, 0.25) is 0 Å². The van der Waals surface area contributed by atoms with E-state index < -0.39 is 28.5 Å². The summed E-state index contributed by atoms with van der Waals surface area (Å²) in [6, 6.07) is 18.7. The van der Waals surface area contributed by atoms with Gasteiger partial charge >= 0.3 is 0 Å². The summed E-state index contributed by atoms with van der Waals surface area (Å²) in [6.07, 6.45) is 0.718. The molecule has 0 aliphatic carbocycles. The number of carbonyl (C=O) groups excluding carboxylic acids is 2. The van der Waals surface area contributed by atoms with Gasteiger partial charge in [-0.25, -0.2) is 8.42 Å². The van der Waals surface area contributed by atoms with Crippen LogP contribution >= 0.6 is 0 Å². The summed E-state index contributed by atoms with van der Waals surface area (Å²) in [5.41, 5.74) is 1.04. The molecule has 0 aliphatic heterocycles. The van der Waals surface area contributed by atoms with Gasteiger partial charge in [0.2, 0.25) is 11.8 Å². The fourth-order valence-electron chi connectivity index (χ4n) is 4.20. The minimum Gasteiger partial charge on any atom is -0.497 e. The average Bonchev–Trinajstić information content (AvgIpc) is 3.01. The number of carbonyl (C=O) groups is 2. The summed E-state index contributed by atoms with van der Waals surface area (Å²) < 4.78 is 44.9. The number of nitrogens with one attached hydrogen (secondary N) is 1. The molecule has 0 aromatic heterocycles. The van der Waals surface area contributed by atoms with Crippen LogP contribution in [0.25, 0.3) is 0 Å². The van der Waals surface area contributed by atoms with Crippen molar-refractivity contribution in [2.24, 2.45) is 0 Å². The Bertz CT molecular complexity index is 1450. The Morgan fingerprint density at radius 1 is 0.857 bits per heavy atom. The highest BCUT2D eigenvalue weighted by Crippen LogP contribution is 2.32. The molecule has 1 N–H and O–H groups in total. The summed E-state index contributed by atoms with van der Waals surface area (Å²) in [5, 5.41) is 2.92. The van der Waals surface area contributed by atoms with Gasteiger partial charge in [-0.3, -0.25) is 13.9 Å². The molecule has 0 bridgehead atoms. The van der Waals surface area contributed by atoms with Crippen LogP contribution in [0.4, 0.5) is 5.69 Å². The lowest BCUT2D eigenvalue weighted by Crippen LogP contribution is -2.52. The van der Waals surface area contributed by atoms with Crippen LogP contribution in [-0.4, -0.2) is 65.1 Å². The number of amides is 2. The van der Waals surface area contributed by atoms with Crippen molar-refractivity contribution in [2.75, 3.05) is 32.2 Å². The lowest BCUT2D eigenvalue weighted by molar-refractivity contribution is -0.139. The Kier molecular flexibility index (Phi) is 11.2. The number of nitrogens with zero attached hydrogens (tertiary/aromatic N) is 2. The predicted molar refractivity (Wildman–Crippen MR) is 161 cm³/mol. The zero-order valence-electron chi connectivity index (χ0n) is 24.9. The number of hydrogen-bond donors (Lipinski definition) is 1. The molecular formula is C31H39N3O7S. The fourth-order valence-corrected chi connectivity index (χ4v) is 5.63. The van der Waals surface area contributed by atoms with Gasteiger partial charge in [0.1, 0.15) is 18.3 Å². The summed E-state index contributed by atoms with van der Waals surface area (Å²) in [7, 11) is 0.168. The second-order valence-electron chi connectivity index (χ2n) is 9.73. The van der Waals surface area contributed by atoms with E-state index in [9.17, 15) is 18.0 Å². The normalized spacial score (nSPS) is 12.5. The topological polar surface area (TPSA) is 114 Å². The number of para-hydroxylation sites is 1. The van der Waals surface area contributed by atoms with Crippen LogP contribution in [-0.2, 0) is 26.2 Å². The van der Waals surface area contributed by atoms with Gasteiger partial charge in [0, 0.05) is 18.7 Å². The molecule has 0 heterocycles. The van der Waals surface area contributed by atoms with E-state index in [1.807, 2.05) is 13.8 Å². The average molecular weight is 598 g/mol. The van der Waals surface area contributed by atoms with Crippen LogP contribution in [0.5, 0.6) is 17.2 Å². The van der Waals surface area contributed by atoms with E-state index in [0.29, 0.717) is 17.2 Å². The summed E-state index contributed by atoms with van der Waals surface area (Å²) in [6.45, 7) is 5.00. The number of ether oxygens (including phenoxy) is 3. The van der Waals surface area contributed by atoms with Gasteiger partial charge in [-0.2, -0.15) is 0 Å². The van der Waals surface area contributed by atoms with Crippen molar-refractivity contribution in [2.45, 2.75) is 50.7 Å². The van der Waals surface area contributed by atoms with E-state index in [1.54, 1.807) is 68.6 Å². The first-order chi connectivity index (χ1) is 20.0. The molecule has 226 valence electrons. The molecular weight excluding hydrogens is 558 g/mol. The quantitative estimate of drug-likeness (QED) is 0.296. The molecule has 11 heteroatoms. The third-order valence-corrected chi connectivity index (χ3v) is 8.72. The zero-order chi connectivity index (χ0) is 30.9. The molecule has 10 nitrogen and oxygen atoms in total.